The highest BCUT2D eigenvalue weighted by Gasteiger charge is 2.34. The Morgan fingerprint density at radius 3 is 2.72 bits per heavy atom. The van der Waals surface area contributed by atoms with Crippen LogP contribution in [0.4, 0.5) is 4.39 Å². The predicted molar refractivity (Wildman–Crippen MR) is 62.8 cm³/mol. The molecule has 2 rings (SSSR count). The number of hydrogen-bond donors (Lipinski definition) is 1. The summed E-state index contributed by atoms with van der Waals surface area (Å²) in [6, 6.07) is 3.26. The standard InChI is InChI=1S/C13H14FNO3/c1-8-5-9(7-10(14)6-8)12(16)15-4-2-3-11(15)13(17)18/h5-7,11H,2-4H2,1H3,(H,17,18)/t11-/m1/s1. The van der Waals surface area contributed by atoms with Gasteiger partial charge < -0.3 is 10.0 Å². The van der Waals surface area contributed by atoms with Gasteiger partial charge >= 0.3 is 5.97 Å². The molecule has 0 aliphatic carbocycles. The van der Waals surface area contributed by atoms with E-state index in [0.717, 1.165) is 6.07 Å². The Morgan fingerprint density at radius 2 is 2.11 bits per heavy atom. The van der Waals surface area contributed by atoms with E-state index in [0.29, 0.717) is 24.9 Å². The Balaban J connectivity index is 2.28. The number of amides is 1. The van der Waals surface area contributed by atoms with Gasteiger partial charge in [-0.25, -0.2) is 9.18 Å². The van der Waals surface area contributed by atoms with E-state index in [1.165, 1.54) is 11.0 Å². The van der Waals surface area contributed by atoms with Gasteiger partial charge in [0.2, 0.25) is 0 Å². The fourth-order valence-electron chi connectivity index (χ4n) is 2.29. The summed E-state index contributed by atoms with van der Waals surface area (Å²) in [4.78, 5) is 24.5. The molecule has 18 heavy (non-hydrogen) atoms. The second-order valence-corrected chi connectivity index (χ2v) is 4.51. The van der Waals surface area contributed by atoms with E-state index < -0.39 is 23.7 Å². The average molecular weight is 251 g/mol. The van der Waals surface area contributed by atoms with Gasteiger partial charge in [-0.2, -0.15) is 0 Å². The van der Waals surface area contributed by atoms with E-state index in [-0.39, 0.29) is 5.56 Å². The first-order valence-electron chi connectivity index (χ1n) is 5.80. The molecule has 1 saturated heterocycles. The molecule has 1 fully saturated rings. The van der Waals surface area contributed by atoms with E-state index >= 15 is 0 Å². The lowest BCUT2D eigenvalue weighted by molar-refractivity contribution is -0.141. The molecule has 0 unspecified atom stereocenters. The van der Waals surface area contributed by atoms with Gasteiger partial charge in [0, 0.05) is 12.1 Å². The molecule has 4 nitrogen and oxygen atoms in total. The lowest BCUT2D eigenvalue weighted by Crippen LogP contribution is -2.40. The highest BCUT2D eigenvalue weighted by atomic mass is 19.1. The lowest BCUT2D eigenvalue weighted by atomic mass is 10.1. The minimum absolute atomic E-state index is 0.209. The Morgan fingerprint density at radius 1 is 1.39 bits per heavy atom. The summed E-state index contributed by atoms with van der Waals surface area (Å²) in [6.07, 6.45) is 1.12. The topological polar surface area (TPSA) is 57.6 Å². The number of carbonyl (C=O) groups excluding carboxylic acids is 1. The van der Waals surface area contributed by atoms with Crippen LogP contribution >= 0.6 is 0 Å². The van der Waals surface area contributed by atoms with Gasteiger partial charge in [0.05, 0.1) is 0 Å². The molecule has 1 heterocycles. The van der Waals surface area contributed by atoms with Crippen molar-refractivity contribution in [3.63, 3.8) is 0 Å². The van der Waals surface area contributed by atoms with Crippen molar-refractivity contribution in [2.24, 2.45) is 0 Å². The first-order valence-corrected chi connectivity index (χ1v) is 5.80. The smallest absolute Gasteiger partial charge is 0.326 e. The van der Waals surface area contributed by atoms with Crippen LogP contribution < -0.4 is 0 Å². The minimum Gasteiger partial charge on any atom is -0.480 e. The molecular formula is C13H14FNO3. The van der Waals surface area contributed by atoms with Gasteiger partial charge in [-0.05, 0) is 43.5 Å². The Labute approximate surface area is 104 Å². The number of carbonyl (C=O) groups is 2. The number of aliphatic carboxylic acids is 1. The van der Waals surface area contributed by atoms with Crippen molar-refractivity contribution in [2.45, 2.75) is 25.8 Å². The van der Waals surface area contributed by atoms with Crippen molar-refractivity contribution in [3.05, 3.63) is 35.1 Å². The maximum Gasteiger partial charge on any atom is 0.326 e. The number of halogens is 1. The van der Waals surface area contributed by atoms with Crippen LogP contribution in [0.25, 0.3) is 0 Å². The molecule has 1 N–H and O–H groups in total. The van der Waals surface area contributed by atoms with E-state index in [2.05, 4.69) is 0 Å². The number of benzene rings is 1. The van der Waals surface area contributed by atoms with E-state index in [9.17, 15) is 14.0 Å². The summed E-state index contributed by atoms with van der Waals surface area (Å²) in [6.45, 7) is 2.10. The summed E-state index contributed by atoms with van der Waals surface area (Å²) in [5, 5.41) is 9.02. The van der Waals surface area contributed by atoms with Crippen LogP contribution in [0.15, 0.2) is 18.2 Å². The second kappa shape index (κ2) is 4.76. The maximum absolute atomic E-state index is 13.2. The van der Waals surface area contributed by atoms with Crippen molar-refractivity contribution >= 4 is 11.9 Å². The second-order valence-electron chi connectivity index (χ2n) is 4.51. The largest absolute Gasteiger partial charge is 0.480 e. The molecule has 0 saturated carbocycles. The number of hydrogen-bond acceptors (Lipinski definition) is 2. The quantitative estimate of drug-likeness (QED) is 0.872. The van der Waals surface area contributed by atoms with Crippen LogP contribution in [0.2, 0.25) is 0 Å². The summed E-state index contributed by atoms with van der Waals surface area (Å²) < 4.78 is 13.2. The molecule has 1 aromatic rings. The summed E-state index contributed by atoms with van der Waals surface area (Å²) in [5.41, 5.74) is 0.852. The van der Waals surface area contributed by atoms with Crippen molar-refractivity contribution in [1.82, 2.24) is 4.90 Å². The molecule has 1 atom stereocenters. The van der Waals surface area contributed by atoms with Crippen LogP contribution in [-0.4, -0.2) is 34.5 Å². The van der Waals surface area contributed by atoms with Crippen molar-refractivity contribution in [1.29, 1.82) is 0 Å². The van der Waals surface area contributed by atoms with Gasteiger partial charge in [0.15, 0.2) is 0 Å². The molecule has 5 heteroatoms. The minimum atomic E-state index is -1.01. The van der Waals surface area contributed by atoms with Gasteiger partial charge in [-0.3, -0.25) is 4.79 Å². The zero-order valence-electron chi connectivity index (χ0n) is 10.0. The van der Waals surface area contributed by atoms with Gasteiger partial charge in [0.25, 0.3) is 5.91 Å². The third-order valence-corrected chi connectivity index (χ3v) is 3.09. The SMILES string of the molecule is Cc1cc(F)cc(C(=O)N2CCC[C@@H]2C(=O)O)c1. The molecule has 1 aliphatic rings. The number of likely N-dealkylation sites (tertiary alicyclic amines) is 1. The summed E-state index contributed by atoms with van der Waals surface area (Å²) in [7, 11) is 0. The number of aryl methyl sites for hydroxylation is 1. The van der Waals surface area contributed by atoms with Crippen LogP contribution in [0.1, 0.15) is 28.8 Å². The highest BCUT2D eigenvalue weighted by molar-refractivity contribution is 5.97. The van der Waals surface area contributed by atoms with Crippen LogP contribution in [-0.2, 0) is 4.79 Å². The maximum atomic E-state index is 13.2. The van der Waals surface area contributed by atoms with Gasteiger partial charge in [0.1, 0.15) is 11.9 Å². The van der Waals surface area contributed by atoms with Crippen LogP contribution in [0.5, 0.6) is 0 Å². The number of rotatable bonds is 2. The molecular weight excluding hydrogens is 237 g/mol. The Kier molecular flexibility index (Phi) is 3.32. The molecule has 1 aromatic carbocycles. The van der Waals surface area contributed by atoms with Crippen LogP contribution in [0, 0.1) is 12.7 Å². The van der Waals surface area contributed by atoms with E-state index in [1.807, 2.05) is 0 Å². The number of nitrogens with zero attached hydrogens (tertiary/aromatic N) is 1. The Hall–Kier alpha value is -1.91. The molecule has 0 aromatic heterocycles. The molecule has 0 bridgehead atoms. The van der Waals surface area contributed by atoms with E-state index in [4.69, 9.17) is 5.11 Å². The zero-order chi connectivity index (χ0) is 13.3. The molecule has 0 spiro atoms. The average Bonchev–Trinajstić information content (AvgIpc) is 2.75. The Bertz CT molecular complexity index is 481. The van der Waals surface area contributed by atoms with Crippen molar-refractivity contribution in [2.75, 3.05) is 6.54 Å². The predicted octanol–water partition coefficient (Wildman–Crippen LogP) is 1.82. The third kappa shape index (κ3) is 2.34. The fraction of sp³-hybridized carbons (Fsp3) is 0.385. The monoisotopic (exact) mass is 251 g/mol. The summed E-state index contributed by atoms with van der Waals surface area (Å²) in [5.74, 6) is -1.90. The third-order valence-electron chi connectivity index (χ3n) is 3.09. The number of carboxylic acids is 1. The normalized spacial score (nSPS) is 19.0. The lowest BCUT2D eigenvalue weighted by Gasteiger charge is -2.21. The van der Waals surface area contributed by atoms with Crippen molar-refractivity contribution < 1.29 is 19.1 Å². The molecule has 1 aliphatic heterocycles. The zero-order valence-corrected chi connectivity index (χ0v) is 10.0. The van der Waals surface area contributed by atoms with Crippen molar-refractivity contribution in [3.8, 4) is 0 Å². The molecule has 1 amide bonds. The number of carboxylic acid groups (broad SMARTS) is 1. The fourth-order valence-corrected chi connectivity index (χ4v) is 2.29. The highest BCUT2D eigenvalue weighted by Crippen LogP contribution is 2.21. The van der Waals surface area contributed by atoms with E-state index in [1.54, 1.807) is 13.0 Å². The van der Waals surface area contributed by atoms with Crippen LogP contribution in [0.3, 0.4) is 0 Å². The van der Waals surface area contributed by atoms with Gasteiger partial charge in [-0.15, -0.1) is 0 Å². The first-order chi connectivity index (χ1) is 8.49. The molecule has 0 radical (unpaired) electrons. The first kappa shape index (κ1) is 12.5. The molecule has 96 valence electrons. The summed E-state index contributed by atoms with van der Waals surface area (Å²) >= 11 is 0. The van der Waals surface area contributed by atoms with Gasteiger partial charge in [-0.1, -0.05) is 0 Å².